The third-order valence-electron chi connectivity index (χ3n) is 4.17. The maximum Gasteiger partial charge on any atom is 0.220 e. The number of hydrogen-bond donors (Lipinski definition) is 1. The number of amides is 1. The molecule has 134 valence electrons. The van der Waals surface area contributed by atoms with E-state index in [1.54, 1.807) is 14.2 Å². The van der Waals surface area contributed by atoms with Crippen molar-refractivity contribution in [2.45, 2.75) is 32.1 Å². The fourth-order valence-electron chi connectivity index (χ4n) is 2.63. The van der Waals surface area contributed by atoms with Gasteiger partial charge in [0, 0.05) is 13.0 Å². The zero-order valence-electron chi connectivity index (χ0n) is 15.1. The Labute approximate surface area is 150 Å². The summed E-state index contributed by atoms with van der Waals surface area (Å²) in [6, 6.07) is 16.0. The smallest absolute Gasteiger partial charge is 0.220 e. The van der Waals surface area contributed by atoms with E-state index in [-0.39, 0.29) is 5.91 Å². The molecule has 0 atom stereocenters. The monoisotopic (exact) mass is 341 g/mol. The van der Waals surface area contributed by atoms with Crippen LogP contribution in [-0.4, -0.2) is 26.7 Å². The van der Waals surface area contributed by atoms with Gasteiger partial charge in [0.15, 0.2) is 0 Å². The summed E-state index contributed by atoms with van der Waals surface area (Å²) in [6.07, 6.45) is 4.32. The summed E-state index contributed by atoms with van der Waals surface area (Å²) in [5.41, 5.74) is 2.47. The van der Waals surface area contributed by atoms with Crippen LogP contribution in [0.25, 0.3) is 0 Å². The molecular weight excluding hydrogens is 314 g/mol. The van der Waals surface area contributed by atoms with Crippen LogP contribution in [0.3, 0.4) is 0 Å². The highest BCUT2D eigenvalue weighted by atomic mass is 16.5. The number of methoxy groups -OCH3 is 2. The molecule has 4 heteroatoms. The predicted molar refractivity (Wildman–Crippen MR) is 100 cm³/mol. The first-order valence-corrected chi connectivity index (χ1v) is 8.74. The van der Waals surface area contributed by atoms with Crippen LogP contribution in [0.1, 0.15) is 30.4 Å². The Hall–Kier alpha value is -2.49. The zero-order valence-corrected chi connectivity index (χ0v) is 15.1. The van der Waals surface area contributed by atoms with E-state index in [0.717, 1.165) is 37.2 Å². The lowest BCUT2D eigenvalue weighted by molar-refractivity contribution is -0.121. The average molecular weight is 341 g/mol. The molecule has 0 bridgehead atoms. The molecule has 0 spiro atoms. The quantitative estimate of drug-likeness (QED) is 0.669. The van der Waals surface area contributed by atoms with Crippen LogP contribution < -0.4 is 14.8 Å². The van der Waals surface area contributed by atoms with E-state index < -0.39 is 0 Å². The van der Waals surface area contributed by atoms with Gasteiger partial charge in [-0.1, -0.05) is 24.3 Å². The fraction of sp³-hybridized carbons (Fsp3) is 0.381. The van der Waals surface area contributed by atoms with Gasteiger partial charge in [-0.3, -0.25) is 4.79 Å². The lowest BCUT2D eigenvalue weighted by atomic mass is 10.1. The van der Waals surface area contributed by atoms with Crippen LogP contribution in [0.2, 0.25) is 0 Å². The van der Waals surface area contributed by atoms with Crippen LogP contribution in [0, 0.1) is 0 Å². The van der Waals surface area contributed by atoms with Crippen LogP contribution in [0.4, 0.5) is 0 Å². The van der Waals surface area contributed by atoms with E-state index in [1.165, 1.54) is 11.1 Å². The number of hydrogen-bond acceptors (Lipinski definition) is 3. The van der Waals surface area contributed by atoms with E-state index >= 15 is 0 Å². The molecular formula is C21H27NO3. The van der Waals surface area contributed by atoms with Crippen molar-refractivity contribution in [1.29, 1.82) is 0 Å². The first-order valence-electron chi connectivity index (χ1n) is 8.74. The summed E-state index contributed by atoms with van der Waals surface area (Å²) in [5.74, 6) is 1.85. The predicted octanol–water partition coefficient (Wildman–Crippen LogP) is 3.78. The van der Waals surface area contributed by atoms with Crippen molar-refractivity contribution in [2.24, 2.45) is 0 Å². The molecule has 0 saturated heterocycles. The summed E-state index contributed by atoms with van der Waals surface area (Å²) in [6.45, 7) is 0.670. The van der Waals surface area contributed by atoms with E-state index in [1.807, 2.05) is 36.4 Å². The lowest BCUT2D eigenvalue weighted by Gasteiger charge is -2.07. The van der Waals surface area contributed by atoms with Crippen molar-refractivity contribution in [3.8, 4) is 11.5 Å². The number of rotatable bonds is 10. The van der Waals surface area contributed by atoms with Gasteiger partial charge in [0.05, 0.1) is 14.2 Å². The normalized spacial score (nSPS) is 10.3. The first kappa shape index (κ1) is 18.8. The Balaban J connectivity index is 1.57. The minimum Gasteiger partial charge on any atom is -0.497 e. The molecule has 1 N–H and O–H groups in total. The standard InChI is InChI=1S/C21H27NO3/c1-24-19-11-7-17(8-12-19)5-3-4-6-21(23)22-16-15-18-9-13-20(25-2)14-10-18/h7-14H,3-6,15-16H2,1-2H3,(H,22,23). The van der Waals surface area contributed by atoms with Gasteiger partial charge in [-0.15, -0.1) is 0 Å². The molecule has 0 unspecified atom stereocenters. The molecule has 25 heavy (non-hydrogen) atoms. The van der Waals surface area contributed by atoms with Crippen LogP contribution >= 0.6 is 0 Å². The number of carbonyl (C=O) groups excluding carboxylic acids is 1. The number of carbonyl (C=O) groups is 1. The SMILES string of the molecule is COc1ccc(CCCCC(=O)NCCc2ccc(OC)cc2)cc1. The molecule has 0 aromatic heterocycles. The Morgan fingerprint density at radius 1 is 0.800 bits per heavy atom. The topological polar surface area (TPSA) is 47.6 Å². The van der Waals surface area contributed by atoms with Crippen molar-refractivity contribution in [3.63, 3.8) is 0 Å². The highest BCUT2D eigenvalue weighted by Gasteiger charge is 2.02. The van der Waals surface area contributed by atoms with Gasteiger partial charge in [-0.05, 0) is 61.1 Å². The molecule has 1 amide bonds. The van der Waals surface area contributed by atoms with E-state index in [9.17, 15) is 4.79 Å². The maximum absolute atomic E-state index is 11.9. The Morgan fingerprint density at radius 2 is 1.32 bits per heavy atom. The van der Waals surface area contributed by atoms with Gasteiger partial charge in [0.1, 0.15) is 11.5 Å². The van der Waals surface area contributed by atoms with Gasteiger partial charge < -0.3 is 14.8 Å². The number of nitrogens with one attached hydrogen (secondary N) is 1. The number of ether oxygens (including phenoxy) is 2. The van der Waals surface area contributed by atoms with Gasteiger partial charge in [0.2, 0.25) is 5.91 Å². The highest BCUT2D eigenvalue weighted by molar-refractivity contribution is 5.75. The largest absolute Gasteiger partial charge is 0.497 e. The molecule has 0 aliphatic carbocycles. The van der Waals surface area contributed by atoms with Gasteiger partial charge in [-0.2, -0.15) is 0 Å². The van der Waals surface area contributed by atoms with Crippen molar-refractivity contribution >= 4 is 5.91 Å². The molecule has 4 nitrogen and oxygen atoms in total. The highest BCUT2D eigenvalue weighted by Crippen LogP contribution is 2.14. The van der Waals surface area contributed by atoms with Gasteiger partial charge in [-0.25, -0.2) is 0 Å². The van der Waals surface area contributed by atoms with Gasteiger partial charge in [0.25, 0.3) is 0 Å². The fourth-order valence-corrected chi connectivity index (χ4v) is 2.63. The van der Waals surface area contributed by atoms with Crippen molar-refractivity contribution in [2.75, 3.05) is 20.8 Å². The number of aryl methyl sites for hydroxylation is 1. The summed E-state index contributed by atoms with van der Waals surface area (Å²) in [4.78, 5) is 11.9. The van der Waals surface area contributed by atoms with Gasteiger partial charge >= 0.3 is 0 Å². The van der Waals surface area contributed by atoms with E-state index in [4.69, 9.17) is 9.47 Å². The van der Waals surface area contributed by atoms with Crippen LogP contribution in [-0.2, 0) is 17.6 Å². The molecule has 2 aromatic carbocycles. The zero-order chi connectivity index (χ0) is 17.9. The second-order valence-corrected chi connectivity index (χ2v) is 6.00. The van der Waals surface area contributed by atoms with Crippen LogP contribution in [0.5, 0.6) is 11.5 Å². The minimum atomic E-state index is 0.128. The summed E-state index contributed by atoms with van der Waals surface area (Å²) >= 11 is 0. The summed E-state index contributed by atoms with van der Waals surface area (Å²) < 4.78 is 10.3. The number of benzene rings is 2. The Morgan fingerprint density at radius 3 is 1.84 bits per heavy atom. The van der Waals surface area contributed by atoms with E-state index in [0.29, 0.717) is 13.0 Å². The molecule has 0 saturated carbocycles. The summed E-state index contributed by atoms with van der Waals surface area (Å²) in [7, 11) is 3.33. The number of unbranched alkanes of at least 4 members (excludes halogenated alkanes) is 1. The lowest BCUT2D eigenvalue weighted by Crippen LogP contribution is -2.25. The second-order valence-electron chi connectivity index (χ2n) is 6.00. The van der Waals surface area contributed by atoms with Crippen molar-refractivity contribution in [3.05, 3.63) is 59.7 Å². The van der Waals surface area contributed by atoms with Crippen molar-refractivity contribution in [1.82, 2.24) is 5.32 Å². The third-order valence-corrected chi connectivity index (χ3v) is 4.17. The van der Waals surface area contributed by atoms with Crippen LogP contribution in [0.15, 0.2) is 48.5 Å². The molecule has 0 aliphatic heterocycles. The van der Waals surface area contributed by atoms with Crippen molar-refractivity contribution < 1.29 is 14.3 Å². The maximum atomic E-state index is 11.9. The average Bonchev–Trinajstić information content (AvgIpc) is 2.66. The molecule has 2 aromatic rings. The van der Waals surface area contributed by atoms with E-state index in [2.05, 4.69) is 17.4 Å². The Bertz CT molecular complexity index is 635. The molecule has 0 heterocycles. The molecule has 0 fully saturated rings. The Kier molecular flexibility index (Phi) is 7.83. The molecule has 0 aliphatic rings. The summed E-state index contributed by atoms with van der Waals surface area (Å²) in [5, 5.41) is 2.99. The third kappa shape index (κ3) is 6.87. The second kappa shape index (κ2) is 10.4. The minimum absolute atomic E-state index is 0.128. The molecule has 2 rings (SSSR count). The molecule has 0 radical (unpaired) electrons. The first-order chi connectivity index (χ1) is 12.2.